The lowest BCUT2D eigenvalue weighted by atomic mass is 9.95. The van der Waals surface area contributed by atoms with Gasteiger partial charge in [0.15, 0.2) is 17.3 Å². The summed E-state index contributed by atoms with van der Waals surface area (Å²) in [6.45, 7) is 2.74. The zero-order chi connectivity index (χ0) is 29.4. The maximum Gasteiger partial charge on any atom is 0.273 e. The third-order valence-corrected chi connectivity index (χ3v) is 7.64. The molecular weight excluding hydrogens is 536 g/mol. The average Bonchev–Trinajstić information content (AvgIpc) is 3.63. The Kier molecular flexibility index (Phi) is 7.33. The number of carbonyl (C=O) groups excluding carboxylic acids is 2. The Hall–Kier alpha value is -4.78. The molecule has 2 amide bonds. The molecule has 1 aromatic carbocycles. The lowest BCUT2D eigenvalue weighted by Gasteiger charge is -2.38. The molecule has 0 atom stereocenters. The summed E-state index contributed by atoms with van der Waals surface area (Å²) in [6.07, 6.45) is 5.68. The summed E-state index contributed by atoms with van der Waals surface area (Å²) in [5.74, 6) is 0.701. The summed E-state index contributed by atoms with van der Waals surface area (Å²) in [7, 11) is 6.99. The summed E-state index contributed by atoms with van der Waals surface area (Å²) in [5, 5.41) is 25.9. The second kappa shape index (κ2) is 11.2. The van der Waals surface area contributed by atoms with E-state index < -0.39 is 5.91 Å². The van der Waals surface area contributed by atoms with Gasteiger partial charge in [0.05, 0.1) is 36.1 Å². The van der Waals surface area contributed by atoms with Crippen molar-refractivity contribution in [2.45, 2.75) is 25.3 Å². The summed E-state index contributed by atoms with van der Waals surface area (Å²) >= 11 is 0. The normalized spacial score (nSPS) is 15.2. The van der Waals surface area contributed by atoms with Crippen molar-refractivity contribution in [3.63, 3.8) is 0 Å². The predicted octanol–water partition coefficient (Wildman–Crippen LogP) is 2.67. The van der Waals surface area contributed by atoms with E-state index in [2.05, 4.69) is 42.2 Å². The molecule has 42 heavy (non-hydrogen) atoms. The topological polar surface area (TPSA) is 144 Å². The van der Waals surface area contributed by atoms with Crippen molar-refractivity contribution in [1.82, 2.24) is 40.0 Å². The first kappa shape index (κ1) is 27.4. The van der Waals surface area contributed by atoms with Crippen LogP contribution in [0.25, 0.3) is 11.3 Å². The number of anilines is 3. The molecule has 4 heterocycles. The van der Waals surface area contributed by atoms with Crippen molar-refractivity contribution in [3.8, 4) is 17.0 Å². The summed E-state index contributed by atoms with van der Waals surface area (Å²) in [6, 6.07) is 9.48. The molecule has 1 aliphatic heterocycles. The molecule has 13 heteroatoms. The standard InChI is InChI=1S/C29H34N10O3/c1-30-29(41)26-23(11-25(34-35-26)33-28(40)18-8-9-18)32-21-7-5-6-20(27(21)42-4)24-10-22(36-38(24)3)19-15-39(16-19)14-17-12-31-37(2)13-17/h5-7,10-13,18-19H,8-9,14-16H2,1-4H3,(H,30,41)(H2,32,33,34,40). The number of amides is 2. The number of para-hydroxylation sites is 1. The largest absolute Gasteiger partial charge is 0.494 e. The fourth-order valence-electron chi connectivity index (χ4n) is 5.25. The highest BCUT2D eigenvalue weighted by molar-refractivity contribution is 6.00. The first-order valence-electron chi connectivity index (χ1n) is 13.9. The van der Waals surface area contributed by atoms with Gasteiger partial charge in [-0.2, -0.15) is 10.2 Å². The lowest BCUT2D eigenvalue weighted by molar-refractivity contribution is -0.117. The number of carbonyl (C=O) groups is 2. The molecule has 218 valence electrons. The molecule has 6 rings (SSSR count). The Balaban J connectivity index is 1.24. The summed E-state index contributed by atoms with van der Waals surface area (Å²) in [5.41, 5.74) is 5.10. The molecule has 1 saturated carbocycles. The maximum atomic E-state index is 12.6. The molecule has 13 nitrogen and oxygen atoms in total. The van der Waals surface area contributed by atoms with E-state index in [1.807, 2.05) is 54.1 Å². The highest BCUT2D eigenvalue weighted by Gasteiger charge is 2.32. The fourth-order valence-corrected chi connectivity index (χ4v) is 5.25. The van der Waals surface area contributed by atoms with Crippen LogP contribution in [0, 0.1) is 5.92 Å². The van der Waals surface area contributed by atoms with Crippen LogP contribution >= 0.6 is 0 Å². The van der Waals surface area contributed by atoms with E-state index in [1.54, 1.807) is 13.2 Å². The molecule has 1 saturated heterocycles. The Labute approximate surface area is 243 Å². The quantitative estimate of drug-likeness (QED) is 0.262. The highest BCUT2D eigenvalue weighted by Crippen LogP contribution is 2.40. The van der Waals surface area contributed by atoms with E-state index in [0.29, 0.717) is 23.0 Å². The average molecular weight is 571 g/mol. The highest BCUT2D eigenvalue weighted by atomic mass is 16.5. The van der Waals surface area contributed by atoms with Crippen molar-refractivity contribution in [2.75, 3.05) is 37.9 Å². The van der Waals surface area contributed by atoms with Gasteiger partial charge in [-0.3, -0.25) is 23.9 Å². The minimum absolute atomic E-state index is 0.00607. The van der Waals surface area contributed by atoms with E-state index in [4.69, 9.17) is 9.84 Å². The van der Waals surface area contributed by atoms with Crippen molar-refractivity contribution in [3.05, 3.63) is 59.7 Å². The number of likely N-dealkylation sites (tertiary alicyclic amines) is 1. The molecule has 2 aliphatic rings. The third-order valence-electron chi connectivity index (χ3n) is 7.64. The van der Waals surface area contributed by atoms with Gasteiger partial charge in [0, 0.05) is 76.0 Å². The zero-order valence-electron chi connectivity index (χ0n) is 24.1. The third kappa shape index (κ3) is 5.55. The van der Waals surface area contributed by atoms with Crippen LogP contribution in [0.15, 0.2) is 42.7 Å². The summed E-state index contributed by atoms with van der Waals surface area (Å²) in [4.78, 5) is 27.3. The molecule has 1 aliphatic carbocycles. The second-order valence-corrected chi connectivity index (χ2v) is 10.8. The van der Waals surface area contributed by atoms with Crippen molar-refractivity contribution in [1.29, 1.82) is 0 Å². The lowest BCUT2D eigenvalue weighted by Crippen LogP contribution is -2.44. The number of aromatic nitrogens is 6. The first-order valence-corrected chi connectivity index (χ1v) is 13.9. The number of methoxy groups -OCH3 is 1. The molecule has 2 fully saturated rings. The van der Waals surface area contributed by atoms with Crippen molar-refractivity contribution in [2.24, 2.45) is 20.0 Å². The van der Waals surface area contributed by atoms with E-state index in [9.17, 15) is 9.59 Å². The van der Waals surface area contributed by atoms with E-state index in [1.165, 1.54) is 12.6 Å². The Bertz CT molecular complexity index is 1630. The van der Waals surface area contributed by atoms with Gasteiger partial charge < -0.3 is 20.7 Å². The number of hydrogen-bond acceptors (Lipinski definition) is 9. The molecule has 3 N–H and O–H groups in total. The van der Waals surface area contributed by atoms with Gasteiger partial charge in [0.2, 0.25) is 5.91 Å². The van der Waals surface area contributed by atoms with Gasteiger partial charge >= 0.3 is 0 Å². The van der Waals surface area contributed by atoms with E-state index >= 15 is 0 Å². The summed E-state index contributed by atoms with van der Waals surface area (Å²) < 4.78 is 9.58. The molecule has 0 unspecified atom stereocenters. The second-order valence-electron chi connectivity index (χ2n) is 10.8. The maximum absolute atomic E-state index is 12.6. The fraction of sp³-hybridized carbons (Fsp3) is 0.379. The van der Waals surface area contributed by atoms with Crippen LogP contribution in [-0.2, 0) is 25.4 Å². The smallest absolute Gasteiger partial charge is 0.273 e. The van der Waals surface area contributed by atoms with Crippen LogP contribution < -0.4 is 20.7 Å². The monoisotopic (exact) mass is 570 g/mol. The van der Waals surface area contributed by atoms with Crippen molar-refractivity contribution < 1.29 is 14.3 Å². The van der Waals surface area contributed by atoms with E-state index in [0.717, 1.165) is 49.4 Å². The molecule has 0 spiro atoms. The van der Waals surface area contributed by atoms with Crippen LogP contribution in [-0.4, -0.2) is 73.7 Å². The number of nitrogens with zero attached hydrogens (tertiary/aromatic N) is 7. The van der Waals surface area contributed by atoms with Crippen LogP contribution in [0.1, 0.15) is 40.5 Å². The van der Waals surface area contributed by atoms with E-state index in [-0.39, 0.29) is 23.3 Å². The van der Waals surface area contributed by atoms with Crippen molar-refractivity contribution >= 4 is 29.0 Å². The number of hydrogen-bond donors (Lipinski definition) is 3. The Morgan fingerprint density at radius 1 is 1.10 bits per heavy atom. The minimum atomic E-state index is -0.408. The van der Waals surface area contributed by atoms with Gasteiger partial charge in [-0.1, -0.05) is 6.07 Å². The number of rotatable bonds is 10. The Morgan fingerprint density at radius 3 is 2.60 bits per heavy atom. The molecule has 0 radical (unpaired) electrons. The molecule has 3 aromatic heterocycles. The van der Waals surface area contributed by atoms with Gasteiger partial charge in [-0.05, 0) is 31.0 Å². The van der Waals surface area contributed by atoms with Gasteiger partial charge in [0.25, 0.3) is 5.91 Å². The van der Waals surface area contributed by atoms with Crippen LogP contribution in [0.4, 0.5) is 17.2 Å². The first-order chi connectivity index (χ1) is 20.3. The zero-order valence-corrected chi connectivity index (χ0v) is 24.1. The van der Waals surface area contributed by atoms with Gasteiger partial charge in [-0.15, -0.1) is 10.2 Å². The molecule has 0 bridgehead atoms. The number of nitrogens with one attached hydrogen (secondary N) is 3. The van der Waals surface area contributed by atoms with Crippen LogP contribution in [0.2, 0.25) is 0 Å². The van der Waals surface area contributed by atoms with Gasteiger partial charge in [0.1, 0.15) is 0 Å². The number of ether oxygens (including phenoxy) is 1. The van der Waals surface area contributed by atoms with Gasteiger partial charge in [-0.25, -0.2) is 0 Å². The minimum Gasteiger partial charge on any atom is -0.494 e. The van der Waals surface area contributed by atoms with Crippen LogP contribution in [0.5, 0.6) is 5.75 Å². The van der Waals surface area contributed by atoms with Crippen LogP contribution in [0.3, 0.4) is 0 Å². The number of aryl methyl sites for hydroxylation is 2. The molecular formula is C29H34N10O3. The number of benzene rings is 1. The molecule has 4 aromatic rings. The SMILES string of the molecule is CNC(=O)c1nnc(NC(=O)C2CC2)cc1Nc1cccc(-c2cc(C3CN(Cc4cnn(C)c4)C3)nn2C)c1OC. The predicted molar refractivity (Wildman–Crippen MR) is 156 cm³/mol. The Morgan fingerprint density at radius 2 is 1.90 bits per heavy atom.